The van der Waals surface area contributed by atoms with Crippen LogP contribution in [0.3, 0.4) is 0 Å². The van der Waals surface area contributed by atoms with Gasteiger partial charge in [-0.05, 0) is 61.1 Å². The number of hydrogen-bond acceptors (Lipinski definition) is 5. The highest BCUT2D eigenvalue weighted by Gasteiger charge is 2.37. The first-order chi connectivity index (χ1) is 14.7. The van der Waals surface area contributed by atoms with Gasteiger partial charge in [0.05, 0.1) is 21.3 Å². The molecule has 0 N–H and O–H groups in total. The lowest BCUT2D eigenvalue weighted by molar-refractivity contribution is 0.177. The second kappa shape index (κ2) is 8.71. The van der Waals surface area contributed by atoms with Crippen molar-refractivity contribution in [2.45, 2.75) is 37.6 Å². The van der Waals surface area contributed by atoms with Crippen molar-refractivity contribution in [2.24, 2.45) is 0 Å². The third kappa shape index (κ3) is 3.59. The predicted octanol–water partition coefficient (Wildman–Crippen LogP) is 4.99. The van der Waals surface area contributed by atoms with E-state index in [2.05, 4.69) is 23.1 Å². The molecule has 2 aromatic rings. The van der Waals surface area contributed by atoms with Gasteiger partial charge in [-0.3, -0.25) is 0 Å². The number of ether oxygens (including phenoxy) is 3. The van der Waals surface area contributed by atoms with Crippen LogP contribution < -0.4 is 14.2 Å². The molecule has 5 nitrogen and oxygen atoms in total. The average molecular weight is 405 g/mol. The highest BCUT2D eigenvalue weighted by atomic mass is 16.5. The van der Waals surface area contributed by atoms with Crippen molar-refractivity contribution < 1.29 is 14.2 Å². The van der Waals surface area contributed by atoms with Gasteiger partial charge < -0.3 is 19.1 Å². The van der Waals surface area contributed by atoms with E-state index in [0.29, 0.717) is 17.5 Å². The Morgan fingerprint density at radius 1 is 0.933 bits per heavy atom. The molecule has 2 aliphatic heterocycles. The molecule has 2 aromatic carbocycles. The molecule has 30 heavy (non-hydrogen) atoms. The standard InChI is InChI=1S/C25H28N2O3/c1-28-20-10-7-17(8-11-20)21-15-19-6-4-5-13-27(19)22(16-26)25(21)18-9-12-23(29-2)24(14-18)30-3/h7-12,14,19,21H,4-6,13,15H2,1-3H3. The van der Waals surface area contributed by atoms with E-state index in [1.807, 2.05) is 30.3 Å². The Labute approximate surface area is 178 Å². The highest BCUT2D eigenvalue weighted by molar-refractivity contribution is 5.79. The number of hydrogen-bond donors (Lipinski definition) is 0. The Kier molecular flexibility index (Phi) is 5.85. The van der Waals surface area contributed by atoms with Crippen LogP contribution in [0.25, 0.3) is 5.57 Å². The lowest BCUT2D eigenvalue weighted by Crippen LogP contribution is -2.43. The first-order valence-electron chi connectivity index (χ1n) is 10.5. The Morgan fingerprint density at radius 2 is 1.70 bits per heavy atom. The number of allylic oxidation sites excluding steroid dienone is 2. The molecule has 2 heterocycles. The number of nitriles is 1. The summed E-state index contributed by atoms with van der Waals surface area (Å²) in [5.74, 6) is 2.34. The molecule has 0 amide bonds. The molecule has 2 aliphatic rings. The lowest BCUT2D eigenvalue weighted by Gasteiger charge is -2.44. The van der Waals surface area contributed by atoms with Gasteiger partial charge >= 0.3 is 0 Å². The zero-order valence-corrected chi connectivity index (χ0v) is 17.9. The molecular formula is C25H28N2O3. The van der Waals surface area contributed by atoms with Crippen molar-refractivity contribution in [1.82, 2.24) is 4.90 Å². The molecule has 4 rings (SSSR count). The average Bonchev–Trinajstić information content (AvgIpc) is 2.82. The maximum Gasteiger partial charge on any atom is 0.161 e. The predicted molar refractivity (Wildman–Crippen MR) is 117 cm³/mol. The van der Waals surface area contributed by atoms with Crippen molar-refractivity contribution in [2.75, 3.05) is 27.9 Å². The van der Waals surface area contributed by atoms with Crippen molar-refractivity contribution in [3.05, 3.63) is 59.3 Å². The lowest BCUT2D eigenvalue weighted by atomic mass is 9.76. The monoisotopic (exact) mass is 404 g/mol. The van der Waals surface area contributed by atoms with Gasteiger partial charge in [-0.15, -0.1) is 0 Å². The molecule has 0 aliphatic carbocycles. The van der Waals surface area contributed by atoms with Gasteiger partial charge in [-0.25, -0.2) is 0 Å². The maximum absolute atomic E-state index is 10.2. The zero-order valence-electron chi connectivity index (χ0n) is 17.9. The van der Waals surface area contributed by atoms with Gasteiger partial charge in [-0.1, -0.05) is 18.2 Å². The van der Waals surface area contributed by atoms with Gasteiger partial charge in [0.1, 0.15) is 17.5 Å². The summed E-state index contributed by atoms with van der Waals surface area (Å²) in [7, 11) is 4.96. The van der Waals surface area contributed by atoms with E-state index < -0.39 is 0 Å². The van der Waals surface area contributed by atoms with Crippen molar-refractivity contribution in [3.8, 4) is 23.3 Å². The molecule has 1 saturated heterocycles. The fraction of sp³-hybridized carbons (Fsp3) is 0.400. The zero-order chi connectivity index (χ0) is 21.1. The third-order valence-corrected chi connectivity index (χ3v) is 6.34. The Hall–Kier alpha value is -3.13. The Balaban J connectivity index is 1.87. The summed E-state index contributed by atoms with van der Waals surface area (Å²) < 4.78 is 16.3. The summed E-state index contributed by atoms with van der Waals surface area (Å²) in [5, 5.41) is 10.2. The van der Waals surface area contributed by atoms with E-state index in [9.17, 15) is 5.26 Å². The third-order valence-electron chi connectivity index (χ3n) is 6.34. The fourth-order valence-electron chi connectivity index (χ4n) is 4.85. The second-order valence-electron chi connectivity index (χ2n) is 7.85. The minimum Gasteiger partial charge on any atom is -0.497 e. The van der Waals surface area contributed by atoms with Gasteiger partial charge in [0, 0.05) is 24.1 Å². The molecule has 1 fully saturated rings. The van der Waals surface area contributed by atoms with Crippen LogP contribution in [-0.2, 0) is 0 Å². The topological polar surface area (TPSA) is 54.7 Å². The first-order valence-corrected chi connectivity index (χ1v) is 10.5. The number of benzene rings is 2. The molecule has 0 bridgehead atoms. The number of methoxy groups -OCH3 is 3. The maximum atomic E-state index is 10.2. The summed E-state index contributed by atoms with van der Waals surface area (Å²) >= 11 is 0. The molecule has 2 unspecified atom stereocenters. The van der Waals surface area contributed by atoms with E-state index in [1.165, 1.54) is 12.0 Å². The van der Waals surface area contributed by atoms with Gasteiger partial charge in [0.25, 0.3) is 0 Å². The van der Waals surface area contributed by atoms with E-state index >= 15 is 0 Å². The summed E-state index contributed by atoms with van der Waals surface area (Å²) in [6, 6.07) is 17.2. The fourth-order valence-corrected chi connectivity index (χ4v) is 4.85. The van der Waals surface area contributed by atoms with Crippen LogP contribution in [0.5, 0.6) is 17.2 Å². The summed E-state index contributed by atoms with van der Waals surface area (Å²) in [4.78, 5) is 2.33. The normalized spacial score (nSPS) is 20.9. The quantitative estimate of drug-likeness (QED) is 0.703. The van der Waals surface area contributed by atoms with Crippen molar-refractivity contribution in [3.63, 3.8) is 0 Å². The molecular weight excluding hydrogens is 376 g/mol. The second-order valence-corrected chi connectivity index (χ2v) is 7.85. The SMILES string of the molecule is COc1ccc(C2CC3CCCCN3C(C#N)=C2c2ccc(OC)c(OC)c2)cc1. The molecule has 5 heteroatoms. The molecule has 0 saturated carbocycles. The summed E-state index contributed by atoms with van der Waals surface area (Å²) in [6.07, 6.45) is 4.49. The van der Waals surface area contributed by atoms with Crippen LogP contribution in [0.4, 0.5) is 0 Å². The number of rotatable bonds is 5. The molecule has 156 valence electrons. The number of fused-ring (bicyclic) bond motifs is 1. The molecule has 0 aromatic heterocycles. The first kappa shape index (κ1) is 20.2. The van der Waals surface area contributed by atoms with Crippen LogP contribution in [0.2, 0.25) is 0 Å². The largest absolute Gasteiger partial charge is 0.497 e. The molecule has 0 radical (unpaired) electrons. The van der Waals surface area contributed by atoms with Gasteiger partial charge in [0.15, 0.2) is 11.5 Å². The van der Waals surface area contributed by atoms with Crippen LogP contribution in [0, 0.1) is 11.3 Å². The summed E-state index contributed by atoms with van der Waals surface area (Å²) in [6.45, 7) is 0.944. The molecule has 0 spiro atoms. The Bertz CT molecular complexity index is 975. The van der Waals surface area contributed by atoms with Crippen LogP contribution in [0.1, 0.15) is 42.7 Å². The van der Waals surface area contributed by atoms with E-state index in [1.54, 1.807) is 21.3 Å². The van der Waals surface area contributed by atoms with E-state index in [4.69, 9.17) is 14.2 Å². The number of piperidine rings is 1. The van der Waals surface area contributed by atoms with Crippen LogP contribution >= 0.6 is 0 Å². The van der Waals surface area contributed by atoms with Gasteiger partial charge in [0.2, 0.25) is 0 Å². The summed E-state index contributed by atoms with van der Waals surface area (Å²) in [5.41, 5.74) is 4.08. The van der Waals surface area contributed by atoms with Crippen LogP contribution in [0.15, 0.2) is 48.2 Å². The molecule has 2 atom stereocenters. The van der Waals surface area contributed by atoms with Crippen molar-refractivity contribution in [1.29, 1.82) is 5.26 Å². The van der Waals surface area contributed by atoms with Crippen LogP contribution in [-0.4, -0.2) is 38.8 Å². The van der Waals surface area contributed by atoms with Crippen molar-refractivity contribution >= 4 is 5.57 Å². The van der Waals surface area contributed by atoms with E-state index in [0.717, 1.165) is 48.4 Å². The highest BCUT2D eigenvalue weighted by Crippen LogP contribution is 2.47. The minimum absolute atomic E-state index is 0.142. The number of nitrogens with zero attached hydrogens (tertiary/aromatic N) is 2. The van der Waals surface area contributed by atoms with E-state index in [-0.39, 0.29) is 5.92 Å². The Morgan fingerprint density at radius 3 is 2.37 bits per heavy atom. The smallest absolute Gasteiger partial charge is 0.161 e. The minimum atomic E-state index is 0.142. The van der Waals surface area contributed by atoms with Gasteiger partial charge in [-0.2, -0.15) is 5.26 Å².